The third-order valence-corrected chi connectivity index (χ3v) is 6.58. The highest BCUT2D eigenvalue weighted by molar-refractivity contribution is 7.93. The first kappa shape index (κ1) is 18.5. The van der Waals surface area contributed by atoms with Crippen LogP contribution in [0.15, 0.2) is 95.9 Å². The van der Waals surface area contributed by atoms with Gasteiger partial charge in [0.25, 0.3) is 10.0 Å². The Morgan fingerprint density at radius 1 is 0.714 bits per heavy atom. The van der Waals surface area contributed by atoms with Crippen LogP contribution in [-0.2, 0) is 10.0 Å². The minimum absolute atomic E-state index is 0.187. The lowest BCUT2D eigenvalue weighted by Crippen LogP contribution is -2.26. The molecular formula is C23H18ClNO2S. The minimum Gasteiger partial charge on any atom is -0.234 e. The van der Waals surface area contributed by atoms with E-state index in [9.17, 15) is 8.42 Å². The fourth-order valence-corrected chi connectivity index (χ4v) is 4.79. The van der Waals surface area contributed by atoms with E-state index >= 15 is 0 Å². The van der Waals surface area contributed by atoms with Gasteiger partial charge >= 0.3 is 0 Å². The summed E-state index contributed by atoms with van der Waals surface area (Å²) in [5.41, 5.74) is 2.15. The number of nitrogens with zero attached hydrogens (tertiary/aromatic N) is 1. The third kappa shape index (κ3) is 3.49. The van der Waals surface area contributed by atoms with E-state index in [1.54, 1.807) is 18.2 Å². The molecule has 0 spiro atoms. The molecule has 0 bridgehead atoms. The summed E-state index contributed by atoms with van der Waals surface area (Å²) in [5.74, 6) is 0. The van der Waals surface area contributed by atoms with E-state index < -0.39 is 10.0 Å². The van der Waals surface area contributed by atoms with Crippen LogP contribution in [0.4, 0.5) is 11.4 Å². The van der Waals surface area contributed by atoms with Gasteiger partial charge in [0.15, 0.2) is 0 Å². The highest BCUT2D eigenvalue weighted by atomic mass is 35.5. The molecule has 0 saturated carbocycles. The summed E-state index contributed by atoms with van der Waals surface area (Å²) in [5, 5.41) is 2.52. The van der Waals surface area contributed by atoms with Gasteiger partial charge in [-0.1, -0.05) is 54.1 Å². The molecule has 4 rings (SSSR count). The lowest BCUT2D eigenvalue weighted by atomic mass is 10.1. The van der Waals surface area contributed by atoms with Crippen molar-refractivity contribution in [1.82, 2.24) is 0 Å². The zero-order valence-corrected chi connectivity index (χ0v) is 16.8. The van der Waals surface area contributed by atoms with Crippen molar-refractivity contribution in [3.05, 3.63) is 102 Å². The van der Waals surface area contributed by atoms with Crippen LogP contribution in [0.25, 0.3) is 10.8 Å². The molecule has 0 N–H and O–H groups in total. The molecule has 0 aromatic heterocycles. The molecule has 0 aliphatic rings. The second kappa shape index (κ2) is 7.30. The molecule has 0 heterocycles. The largest absolute Gasteiger partial charge is 0.268 e. The molecule has 3 nitrogen and oxygen atoms in total. The molecule has 0 saturated heterocycles. The Morgan fingerprint density at radius 2 is 1.39 bits per heavy atom. The molecule has 4 aromatic carbocycles. The third-order valence-electron chi connectivity index (χ3n) is 4.56. The van der Waals surface area contributed by atoms with Crippen molar-refractivity contribution in [2.24, 2.45) is 0 Å². The Labute approximate surface area is 169 Å². The first-order chi connectivity index (χ1) is 13.4. The van der Waals surface area contributed by atoms with E-state index in [1.807, 2.05) is 67.6 Å². The van der Waals surface area contributed by atoms with Crippen LogP contribution in [0, 0.1) is 6.92 Å². The van der Waals surface area contributed by atoms with Crippen molar-refractivity contribution in [3.8, 4) is 0 Å². The average Bonchev–Trinajstić information content (AvgIpc) is 2.68. The number of sulfonamides is 1. The van der Waals surface area contributed by atoms with Gasteiger partial charge in [0.1, 0.15) is 0 Å². The fourth-order valence-electron chi connectivity index (χ4n) is 3.20. The zero-order chi connectivity index (χ0) is 19.7. The number of hydrogen-bond donors (Lipinski definition) is 0. The van der Waals surface area contributed by atoms with Crippen LogP contribution in [0.1, 0.15) is 5.56 Å². The maximum absolute atomic E-state index is 13.6. The number of fused-ring (bicyclic) bond motifs is 1. The first-order valence-corrected chi connectivity index (χ1v) is 10.6. The molecular weight excluding hydrogens is 390 g/mol. The van der Waals surface area contributed by atoms with E-state index in [4.69, 9.17) is 11.6 Å². The molecule has 0 amide bonds. The van der Waals surface area contributed by atoms with Gasteiger partial charge in [-0.3, -0.25) is 0 Å². The van der Waals surface area contributed by atoms with Crippen molar-refractivity contribution in [1.29, 1.82) is 0 Å². The van der Waals surface area contributed by atoms with Crippen LogP contribution in [0.3, 0.4) is 0 Å². The summed E-state index contributed by atoms with van der Waals surface area (Å²) >= 11 is 5.95. The first-order valence-electron chi connectivity index (χ1n) is 8.81. The van der Waals surface area contributed by atoms with Gasteiger partial charge in [0, 0.05) is 5.02 Å². The zero-order valence-electron chi connectivity index (χ0n) is 15.2. The van der Waals surface area contributed by atoms with Gasteiger partial charge in [0.2, 0.25) is 0 Å². The molecule has 0 fully saturated rings. The second-order valence-corrected chi connectivity index (χ2v) is 8.82. The summed E-state index contributed by atoms with van der Waals surface area (Å²) in [7, 11) is -3.83. The molecule has 140 valence electrons. The van der Waals surface area contributed by atoms with E-state index in [0.29, 0.717) is 16.4 Å². The van der Waals surface area contributed by atoms with Gasteiger partial charge in [-0.05, 0) is 71.8 Å². The van der Waals surface area contributed by atoms with Crippen molar-refractivity contribution in [2.45, 2.75) is 11.8 Å². The molecule has 0 unspecified atom stereocenters. The molecule has 0 aliphatic heterocycles. The topological polar surface area (TPSA) is 37.4 Å². The van der Waals surface area contributed by atoms with Gasteiger partial charge in [-0.25, -0.2) is 12.7 Å². The Kier molecular flexibility index (Phi) is 4.84. The minimum atomic E-state index is -3.83. The van der Waals surface area contributed by atoms with Gasteiger partial charge in [-0.15, -0.1) is 0 Å². The van der Waals surface area contributed by atoms with Gasteiger partial charge in [-0.2, -0.15) is 0 Å². The standard InChI is InChI=1S/C23H18ClNO2S/c1-17-5-4-8-21(15-17)25(28(26,27)23-13-10-20(24)11-14-23)22-12-9-18-6-2-3-7-19(18)16-22/h2-16H,1H3. The van der Waals surface area contributed by atoms with E-state index in [2.05, 4.69) is 0 Å². The number of anilines is 2. The van der Waals surface area contributed by atoms with Crippen LogP contribution in [-0.4, -0.2) is 8.42 Å². The molecule has 0 atom stereocenters. The van der Waals surface area contributed by atoms with Crippen molar-refractivity contribution in [2.75, 3.05) is 4.31 Å². The summed E-state index contributed by atoms with van der Waals surface area (Å²) < 4.78 is 28.5. The normalized spacial score (nSPS) is 11.5. The maximum atomic E-state index is 13.6. The van der Waals surface area contributed by atoms with Crippen LogP contribution < -0.4 is 4.31 Å². The summed E-state index contributed by atoms with van der Waals surface area (Å²) in [4.78, 5) is 0.187. The Morgan fingerprint density at radius 3 is 2.11 bits per heavy atom. The van der Waals surface area contributed by atoms with Crippen molar-refractivity contribution >= 4 is 43.8 Å². The highest BCUT2D eigenvalue weighted by Gasteiger charge is 2.27. The molecule has 0 radical (unpaired) electrons. The second-order valence-electron chi connectivity index (χ2n) is 6.59. The molecule has 0 aliphatic carbocycles. The Balaban J connectivity index is 1.94. The van der Waals surface area contributed by atoms with E-state index in [-0.39, 0.29) is 4.90 Å². The number of benzene rings is 4. The number of hydrogen-bond acceptors (Lipinski definition) is 2. The molecule has 4 aromatic rings. The van der Waals surface area contributed by atoms with Crippen molar-refractivity contribution in [3.63, 3.8) is 0 Å². The summed E-state index contributed by atoms with van der Waals surface area (Å²) in [6, 6.07) is 27.2. The Hall–Kier alpha value is -2.82. The predicted octanol–water partition coefficient (Wildman–Crippen LogP) is 6.33. The monoisotopic (exact) mass is 407 g/mol. The number of rotatable bonds is 4. The number of halogens is 1. The predicted molar refractivity (Wildman–Crippen MR) is 116 cm³/mol. The summed E-state index contributed by atoms with van der Waals surface area (Å²) in [6.45, 7) is 1.94. The van der Waals surface area contributed by atoms with E-state index in [0.717, 1.165) is 16.3 Å². The fraction of sp³-hybridized carbons (Fsp3) is 0.0435. The van der Waals surface area contributed by atoms with Crippen LogP contribution in [0.2, 0.25) is 5.02 Å². The highest BCUT2D eigenvalue weighted by Crippen LogP contribution is 2.34. The lowest BCUT2D eigenvalue weighted by molar-refractivity contribution is 0.596. The van der Waals surface area contributed by atoms with Crippen LogP contribution in [0.5, 0.6) is 0 Å². The SMILES string of the molecule is Cc1cccc(N(c2ccc3ccccc3c2)S(=O)(=O)c2ccc(Cl)cc2)c1. The van der Waals surface area contributed by atoms with Gasteiger partial charge < -0.3 is 0 Å². The lowest BCUT2D eigenvalue weighted by Gasteiger charge is -2.25. The Bertz CT molecular complexity index is 1250. The van der Waals surface area contributed by atoms with Crippen molar-refractivity contribution < 1.29 is 8.42 Å². The molecule has 28 heavy (non-hydrogen) atoms. The van der Waals surface area contributed by atoms with Gasteiger partial charge in [0.05, 0.1) is 16.3 Å². The maximum Gasteiger partial charge on any atom is 0.268 e. The number of aryl methyl sites for hydroxylation is 1. The van der Waals surface area contributed by atoms with E-state index in [1.165, 1.54) is 16.4 Å². The molecule has 5 heteroatoms. The van der Waals surface area contributed by atoms with Crippen LogP contribution >= 0.6 is 11.6 Å². The summed E-state index contributed by atoms with van der Waals surface area (Å²) in [6.07, 6.45) is 0. The smallest absolute Gasteiger partial charge is 0.234 e. The average molecular weight is 408 g/mol. The quantitative estimate of drug-likeness (QED) is 0.396.